The molecule has 0 aliphatic carbocycles. The smallest absolute Gasteiger partial charge is 0.263 e. The van der Waals surface area contributed by atoms with Crippen LogP contribution in [0.5, 0.6) is 5.75 Å². The summed E-state index contributed by atoms with van der Waals surface area (Å²) in [6, 6.07) is 17.3. The molecule has 2 heterocycles. The Labute approximate surface area is 172 Å². The highest BCUT2D eigenvalue weighted by Crippen LogP contribution is 2.16. The molecule has 1 amide bonds. The largest absolute Gasteiger partial charge is 0.484 e. The molecule has 0 bridgehead atoms. The van der Waals surface area contributed by atoms with Gasteiger partial charge in [-0.3, -0.25) is 14.2 Å². The van der Waals surface area contributed by atoms with Crippen molar-refractivity contribution in [2.75, 3.05) is 11.9 Å². The molecule has 4 aromatic rings. The quantitative estimate of drug-likeness (QED) is 0.480. The van der Waals surface area contributed by atoms with Crippen LogP contribution in [-0.4, -0.2) is 37.8 Å². The molecule has 0 spiro atoms. The van der Waals surface area contributed by atoms with E-state index in [0.29, 0.717) is 28.5 Å². The van der Waals surface area contributed by atoms with Crippen LogP contribution >= 0.6 is 0 Å². The molecule has 4 rings (SSSR count). The molecule has 1 N–H and O–H groups in total. The number of imidazole rings is 1. The van der Waals surface area contributed by atoms with Crippen molar-refractivity contribution in [3.05, 3.63) is 96.8 Å². The second-order valence-corrected chi connectivity index (χ2v) is 6.29. The summed E-state index contributed by atoms with van der Waals surface area (Å²) in [6.45, 7) is -0.198. The lowest BCUT2D eigenvalue weighted by molar-refractivity contribution is -0.118. The van der Waals surface area contributed by atoms with Gasteiger partial charge in [-0.1, -0.05) is 30.3 Å². The van der Waals surface area contributed by atoms with Crippen LogP contribution in [0.1, 0.15) is 15.9 Å². The van der Waals surface area contributed by atoms with Crippen molar-refractivity contribution >= 4 is 17.5 Å². The zero-order valence-corrected chi connectivity index (χ0v) is 15.8. The van der Waals surface area contributed by atoms with Crippen molar-refractivity contribution < 1.29 is 14.3 Å². The number of carbonyl (C=O) groups is 2. The summed E-state index contributed by atoms with van der Waals surface area (Å²) in [6.07, 6.45) is 6.33. The number of ketones is 1. The van der Waals surface area contributed by atoms with Crippen LogP contribution in [0.25, 0.3) is 5.82 Å². The Balaban J connectivity index is 1.33. The Morgan fingerprint density at radius 3 is 2.47 bits per heavy atom. The van der Waals surface area contributed by atoms with Crippen LogP contribution in [0.2, 0.25) is 0 Å². The number of rotatable bonds is 7. The number of carbonyl (C=O) groups excluding carboxylic acids is 2. The van der Waals surface area contributed by atoms with Gasteiger partial charge < -0.3 is 10.1 Å². The molecule has 2 aromatic carbocycles. The number of nitrogens with zero attached hydrogens (tertiary/aromatic N) is 4. The number of amides is 1. The van der Waals surface area contributed by atoms with Crippen molar-refractivity contribution in [3.63, 3.8) is 0 Å². The fraction of sp³-hybridized carbons (Fsp3) is 0.0455. The molecule has 8 heteroatoms. The lowest BCUT2D eigenvalue weighted by atomic mass is 10.0. The second-order valence-electron chi connectivity index (χ2n) is 6.29. The number of hydrogen-bond donors (Lipinski definition) is 1. The first-order valence-corrected chi connectivity index (χ1v) is 9.12. The molecule has 0 fully saturated rings. The second kappa shape index (κ2) is 8.78. The van der Waals surface area contributed by atoms with Crippen LogP contribution < -0.4 is 10.1 Å². The number of benzene rings is 2. The fourth-order valence-electron chi connectivity index (χ4n) is 2.74. The number of nitrogens with one attached hydrogen (secondary N) is 1. The predicted octanol–water partition coefficient (Wildman–Crippen LogP) is 2.91. The highest BCUT2D eigenvalue weighted by atomic mass is 16.5. The van der Waals surface area contributed by atoms with Crippen molar-refractivity contribution in [2.45, 2.75) is 0 Å². The summed E-state index contributed by atoms with van der Waals surface area (Å²) in [5.41, 5.74) is 1.16. The van der Waals surface area contributed by atoms with E-state index < -0.39 is 0 Å². The van der Waals surface area contributed by atoms with Gasteiger partial charge in [0.1, 0.15) is 30.0 Å². The molecule has 0 atom stereocenters. The SMILES string of the molecule is O=C(COc1ccc(C(=O)c2ccccc2)cc1)Nc1cc(-n2ccnc2)ncn1. The van der Waals surface area contributed by atoms with E-state index in [0.717, 1.165) is 0 Å². The van der Waals surface area contributed by atoms with Crippen LogP contribution in [0.3, 0.4) is 0 Å². The number of hydrogen-bond acceptors (Lipinski definition) is 6. The Bertz CT molecular complexity index is 1140. The molecular weight excluding hydrogens is 382 g/mol. The lowest BCUT2D eigenvalue weighted by Crippen LogP contribution is -2.21. The van der Waals surface area contributed by atoms with Crippen molar-refractivity contribution in [3.8, 4) is 11.6 Å². The van der Waals surface area contributed by atoms with E-state index in [4.69, 9.17) is 4.74 Å². The molecule has 0 radical (unpaired) electrons. The molecule has 30 heavy (non-hydrogen) atoms. The van der Waals surface area contributed by atoms with Gasteiger partial charge in [0.2, 0.25) is 0 Å². The molecule has 2 aromatic heterocycles. The summed E-state index contributed by atoms with van der Waals surface area (Å²) >= 11 is 0. The van der Waals surface area contributed by atoms with Crippen molar-refractivity contribution in [1.29, 1.82) is 0 Å². The Hall–Kier alpha value is -4.33. The predicted molar refractivity (Wildman–Crippen MR) is 110 cm³/mol. The van der Waals surface area contributed by atoms with Gasteiger partial charge >= 0.3 is 0 Å². The third-order valence-electron chi connectivity index (χ3n) is 4.21. The summed E-state index contributed by atoms with van der Waals surface area (Å²) in [7, 11) is 0. The van der Waals surface area contributed by atoms with Gasteiger partial charge in [0.25, 0.3) is 5.91 Å². The maximum absolute atomic E-state index is 12.4. The van der Waals surface area contributed by atoms with E-state index in [1.807, 2.05) is 18.2 Å². The third-order valence-corrected chi connectivity index (χ3v) is 4.21. The van der Waals surface area contributed by atoms with Crippen molar-refractivity contribution in [2.24, 2.45) is 0 Å². The number of ether oxygens (including phenoxy) is 1. The topological polar surface area (TPSA) is 99.0 Å². The average molecular weight is 399 g/mol. The van der Waals surface area contributed by atoms with E-state index in [2.05, 4.69) is 20.3 Å². The summed E-state index contributed by atoms with van der Waals surface area (Å²) in [5.74, 6) is 0.979. The first kappa shape index (κ1) is 19.0. The van der Waals surface area contributed by atoms with Gasteiger partial charge in [-0.25, -0.2) is 15.0 Å². The maximum Gasteiger partial charge on any atom is 0.263 e. The van der Waals surface area contributed by atoms with E-state index >= 15 is 0 Å². The standard InChI is InChI=1S/C22H17N5O3/c28-21(26-19-12-20(25-14-24-19)27-11-10-23-15-27)13-30-18-8-6-17(7-9-18)22(29)16-4-2-1-3-5-16/h1-12,14-15H,13H2,(H,24,25,26,28). The van der Waals surface area contributed by atoms with Crippen molar-refractivity contribution in [1.82, 2.24) is 19.5 Å². The zero-order chi connectivity index (χ0) is 20.8. The van der Waals surface area contributed by atoms with Gasteiger partial charge in [0, 0.05) is 29.6 Å². The minimum absolute atomic E-state index is 0.0719. The van der Waals surface area contributed by atoms with E-state index in [1.54, 1.807) is 65.8 Å². The minimum atomic E-state index is -0.366. The molecule has 8 nitrogen and oxygen atoms in total. The monoisotopic (exact) mass is 399 g/mol. The highest BCUT2D eigenvalue weighted by Gasteiger charge is 2.10. The van der Waals surface area contributed by atoms with Gasteiger partial charge in [-0.2, -0.15) is 0 Å². The van der Waals surface area contributed by atoms with Crippen LogP contribution in [0.15, 0.2) is 85.7 Å². The molecule has 148 valence electrons. The van der Waals surface area contributed by atoms with E-state index in [9.17, 15) is 9.59 Å². The molecular formula is C22H17N5O3. The number of aromatic nitrogens is 4. The summed E-state index contributed by atoms with van der Waals surface area (Å²) in [5, 5.41) is 2.66. The van der Waals surface area contributed by atoms with E-state index in [-0.39, 0.29) is 18.3 Å². The van der Waals surface area contributed by atoms with Gasteiger partial charge in [0.15, 0.2) is 12.4 Å². The zero-order valence-electron chi connectivity index (χ0n) is 15.8. The molecule has 0 aliphatic heterocycles. The normalized spacial score (nSPS) is 10.4. The molecule has 0 unspecified atom stereocenters. The highest BCUT2D eigenvalue weighted by molar-refractivity contribution is 6.09. The third kappa shape index (κ3) is 4.56. The number of anilines is 1. The van der Waals surface area contributed by atoms with Gasteiger partial charge in [0.05, 0.1) is 0 Å². The minimum Gasteiger partial charge on any atom is -0.484 e. The van der Waals surface area contributed by atoms with Crippen LogP contribution in [0, 0.1) is 0 Å². The molecule has 0 aliphatic rings. The molecule has 0 saturated heterocycles. The van der Waals surface area contributed by atoms with Crippen LogP contribution in [0.4, 0.5) is 5.82 Å². The Morgan fingerprint density at radius 2 is 1.73 bits per heavy atom. The Kier molecular flexibility index (Phi) is 5.56. The summed E-state index contributed by atoms with van der Waals surface area (Å²) < 4.78 is 7.20. The summed E-state index contributed by atoms with van der Waals surface area (Å²) in [4.78, 5) is 36.7. The van der Waals surface area contributed by atoms with E-state index in [1.165, 1.54) is 6.33 Å². The Morgan fingerprint density at radius 1 is 0.967 bits per heavy atom. The first-order chi connectivity index (χ1) is 14.7. The molecule has 0 saturated carbocycles. The van der Waals surface area contributed by atoms with Crippen LogP contribution in [-0.2, 0) is 4.79 Å². The van der Waals surface area contributed by atoms with Gasteiger partial charge in [-0.15, -0.1) is 0 Å². The fourth-order valence-corrected chi connectivity index (χ4v) is 2.74. The average Bonchev–Trinajstić information content (AvgIpc) is 3.33. The first-order valence-electron chi connectivity index (χ1n) is 9.12. The maximum atomic E-state index is 12.4. The van der Waals surface area contributed by atoms with Gasteiger partial charge in [-0.05, 0) is 24.3 Å². The lowest BCUT2D eigenvalue weighted by Gasteiger charge is -2.08.